The first-order valence-electron chi connectivity index (χ1n) is 5.61. The van der Waals surface area contributed by atoms with Crippen molar-refractivity contribution in [3.05, 3.63) is 41.7 Å². The predicted octanol–water partition coefficient (Wildman–Crippen LogP) is 1.06. The predicted molar refractivity (Wildman–Crippen MR) is 63.5 cm³/mol. The van der Waals surface area contributed by atoms with E-state index in [4.69, 9.17) is 4.74 Å². The van der Waals surface area contributed by atoms with Crippen LogP contribution in [0.4, 0.5) is 0 Å². The van der Waals surface area contributed by atoms with E-state index in [1.807, 2.05) is 30.3 Å². The monoisotopic (exact) mass is 246 g/mol. The molecule has 0 aliphatic heterocycles. The topological polar surface area (TPSA) is 69.9 Å². The number of nitrogens with zero attached hydrogens (tertiary/aromatic N) is 4. The molecule has 0 radical (unpaired) electrons. The molecule has 6 heteroatoms. The zero-order valence-corrected chi connectivity index (χ0v) is 10.3. The molecule has 0 saturated carbocycles. The molecule has 0 spiro atoms. The van der Waals surface area contributed by atoms with E-state index in [0.29, 0.717) is 5.82 Å². The highest BCUT2D eigenvalue weighted by atomic mass is 16.5. The summed E-state index contributed by atoms with van der Waals surface area (Å²) in [7, 11) is 1.69. The van der Waals surface area contributed by atoms with Gasteiger partial charge in [0.1, 0.15) is 12.5 Å². The Morgan fingerprint density at radius 2 is 2.11 bits per heavy atom. The minimum atomic E-state index is -0.478. The number of carbonyl (C=O) groups is 1. The largest absolute Gasteiger partial charge is 0.460 e. The molecule has 1 atom stereocenters. The van der Waals surface area contributed by atoms with E-state index in [0.717, 1.165) is 5.56 Å². The molecule has 0 fully saturated rings. The standard InChI is InChI=1S/C12H14N4O2/c1-9(11-13-14-15-16(11)2)12(17)18-8-10-6-4-3-5-7-10/h3-7,9H,8H2,1-2H3. The van der Waals surface area contributed by atoms with Crippen LogP contribution < -0.4 is 0 Å². The summed E-state index contributed by atoms with van der Waals surface area (Å²) in [5.74, 6) is -0.321. The van der Waals surface area contributed by atoms with E-state index < -0.39 is 5.92 Å². The smallest absolute Gasteiger partial charge is 0.316 e. The number of aromatic nitrogens is 4. The maximum atomic E-state index is 11.8. The Hall–Kier alpha value is -2.24. The van der Waals surface area contributed by atoms with E-state index in [-0.39, 0.29) is 12.6 Å². The van der Waals surface area contributed by atoms with Crippen molar-refractivity contribution in [2.75, 3.05) is 0 Å². The first-order chi connectivity index (χ1) is 8.68. The molecule has 0 aliphatic carbocycles. The summed E-state index contributed by atoms with van der Waals surface area (Å²) in [4.78, 5) is 11.8. The van der Waals surface area contributed by atoms with Crippen molar-refractivity contribution in [3.63, 3.8) is 0 Å². The number of hydrogen-bond donors (Lipinski definition) is 0. The minimum Gasteiger partial charge on any atom is -0.460 e. The zero-order chi connectivity index (χ0) is 13.0. The van der Waals surface area contributed by atoms with Crippen molar-refractivity contribution in [3.8, 4) is 0 Å². The Kier molecular flexibility index (Phi) is 3.66. The second kappa shape index (κ2) is 5.39. The summed E-state index contributed by atoms with van der Waals surface area (Å²) in [5, 5.41) is 11.0. The van der Waals surface area contributed by atoms with Gasteiger partial charge in [0.15, 0.2) is 5.82 Å². The third-order valence-electron chi connectivity index (χ3n) is 2.62. The van der Waals surface area contributed by atoms with E-state index in [1.165, 1.54) is 4.68 Å². The first kappa shape index (κ1) is 12.2. The Labute approximate surface area is 105 Å². The van der Waals surface area contributed by atoms with Gasteiger partial charge in [-0.2, -0.15) is 0 Å². The van der Waals surface area contributed by atoms with Crippen LogP contribution in [0.3, 0.4) is 0 Å². The van der Waals surface area contributed by atoms with Crippen molar-refractivity contribution < 1.29 is 9.53 Å². The zero-order valence-electron chi connectivity index (χ0n) is 10.3. The summed E-state index contributed by atoms with van der Waals surface area (Å²) in [6.07, 6.45) is 0. The Bertz CT molecular complexity index is 524. The van der Waals surface area contributed by atoms with Gasteiger partial charge < -0.3 is 4.74 Å². The van der Waals surface area contributed by atoms with Crippen LogP contribution in [-0.4, -0.2) is 26.2 Å². The van der Waals surface area contributed by atoms with Crippen LogP contribution in [0.2, 0.25) is 0 Å². The van der Waals surface area contributed by atoms with Gasteiger partial charge >= 0.3 is 5.97 Å². The molecule has 1 aromatic carbocycles. The van der Waals surface area contributed by atoms with Gasteiger partial charge in [-0.3, -0.25) is 4.79 Å². The Balaban J connectivity index is 1.95. The van der Waals surface area contributed by atoms with Crippen LogP contribution in [0.5, 0.6) is 0 Å². The summed E-state index contributed by atoms with van der Waals surface area (Å²) < 4.78 is 6.69. The Morgan fingerprint density at radius 1 is 1.39 bits per heavy atom. The van der Waals surface area contributed by atoms with E-state index >= 15 is 0 Å². The number of esters is 1. The highest BCUT2D eigenvalue weighted by molar-refractivity contribution is 5.76. The van der Waals surface area contributed by atoms with Crippen LogP contribution in [-0.2, 0) is 23.2 Å². The second-order valence-electron chi connectivity index (χ2n) is 3.98. The van der Waals surface area contributed by atoms with Gasteiger partial charge in [-0.25, -0.2) is 4.68 Å². The maximum Gasteiger partial charge on any atom is 0.316 e. The Morgan fingerprint density at radius 3 is 2.72 bits per heavy atom. The molecule has 2 aromatic rings. The van der Waals surface area contributed by atoms with Gasteiger partial charge in [0.2, 0.25) is 0 Å². The molecule has 1 unspecified atom stereocenters. The molecule has 0 N–H and O–H groups in total. The summed E-state index contributed by atoms with van der Waals surface area (Å²) in [5.41, 5.74) is 0.953. The molecule has 18 heavy (non-hydrogen) atoms. The van der Waals surface area contributed by atoms with E-state index in [9.17, 15) is 4.79 Å². The van der Waals surface area contributed by atoms with Crippen LogP contribution in [0.25, 0.3) is 0 Å². The van der Waals surface area contributed by atoms with Crippen molar-refractivity contribution in [2.45, 2.75) is 19.4 Å². The lowest BCUT2D eigenvalue weighted by atomic mass is 10.1. The fourth-order valence-electron chi connectivity index (χ4n) is 1.56. The van der Waals surface area contributed by atoms with E-state index in [2.05, 4.69) is 15.5 Å². The summed E-state index contributed by atoms with van der Waals surface area (Å²) >= 11 is 0. The lowest BCUT2D eigenvalue weighted by Crippen LogP contribution is -2.17. The fourth-order valence-corrected chi connectivity index (χ4v) is 1.56. The summed E-state index contributed by atoms with van der Waals surface area (Å²) in [6.45, 7) is 1.98. The molecule has 6 nitrogen and oxygen atoms in total. The van der Waals surface area contributed by atoms with Crippen molar-refractivity contribution in [1.29, 1.82) is 0 Å². The number of tetrazole rings is 1. The second-order valence-corrected chi connectivity index (χ2v) is 3.98. The highest BCUT2D eigenvalue weighted by Crippen LogP contribution is 2.13. The lowest BCUT2D eigenvalue weighted by Gasteiger charge is -2.09. The molecule has 0 bridgehead atoms. The molecule has 0 amide bonds. The van der Waals surface area contributed by atoms with Crippen molar-refractivity contribution >= 4 is 5.97 Å². The molecule has 0 aliphatic rings. The van der Waals surface area contributed by atoms with Gasteiger partial charge in [0.25, 0.3) is 0 Å². The molecule has 0 saturated heterocycles. The third kappa shape index (κ3) is 2.71. The van der Waals surface area contributed by atoms with Gasteiger partial charge in [0, 0.05) is 7.05 Å². The highest BCUT2D eigenvalue weighted by Gasteiger charge is 2.22. The summed E-state index contributed by atoms with van der Waals surface area (Å²) in [6, 6.07) is 9.53. The molecule has 1 aromatic heterocycles. The molecular formula is C12H14N4O2. The van der Waals surface area contributed by atoms with Crippen LogP contribution in [0, 0.1) is 0 Å². The molecular weight excluding hydrogens is 232 g/mol. The normalized spacial score (nSPS) is 12.1. The van der Waals surface area contributed by atoms with Crippen LogP contribution in [0.1, 0.15) is 24.2 Å². The number of carbonyl (C=O) groups excluding carboxylic acids is 1. The number of benzene rings is 1. The molecule has 94 valence electrons. The van der Waals surface area contributed by atoms with Gasteiger partial charge in [0.05, 0.1) is 0 Å². The molecule has 1 heterocycles. The van der Waals surface area contributed by atoms with Gasteiger partial charge in [-0.1, -0.05) is 30.3 Å². The van der Waals surface area contributed by atoms with Gasteiger partial charge in [-0.05, 0) is 22.9 Å². The third-order valence-corrected chi connectivity index (χ3v) is 2.62. The average Bonchev–Trinajstić information content (AvgIpc) is 2.82. The van der Waals surface area contributed by atoms with Crippen molar-refractivity contribution in [1.82, 2.24) is 20.2 Å². The van der Waals surface area contributed by atoms with Gasteiger partial charge in [-0.15, -0.1) is 5.10 Å². The average molecular weight is 246 g/mol. The number of aryl methyl sites for hydroxylation is 1. The van der Waals surface area contributed by atoms with Crippen LogP contribution in [0.15, 0.2) is 30.3 Å². The number of hydrogen-bond acceptors (Lipinski definition) is 5. The maximum absolute atomic E-state index is 11.8. The number of rotatable bonds is 4. The SMILES string of the molecule is CC(C(=O)OCc1ccccc1)c1nnnn1C. The van der Waals surface area contributed by atoms with E-state index in [1.54, 1.807) is 14.0 Å². The fraction of sp³-hybridized carbons (Fsp3) is 0.333. The van der Waals surface area contributed by atoms with Crippen molar-refractivity contribution in [2.24, 2.45) is 7.05 Å². The first-order valence-corrected chi connectivity index (χ1v) is 5.61. The number of ether oxygens (including phenoxy) is 1. The van der Waals surface area contributed by atoms with Crippen LogP contribution >= 0.6 is 0 Å². The molecule has 2 rings (SSSR count). The minimum absolute atomic E-state index is 0.259. The lowest BCUT2D eigenvalue weighted by molar-refractivity contribution is -0.146. The quantitative estimate of drug-likeness (QED) is 0.754.